The van der Waals surface area contributed by atoms with Crippen LogP contribution in [-0.4, -0.2) is 28.2 Å². The lowest BCUT2D eigenvalue weighted by molar-refractivity contribution is -0.146. The number of halogens is 4. The lowest BCUT2D eigenvalue weighted by atomic mass is 9.89. The zero-order chi connectivity index (χ0) is 16.7. The van der Waals surface area contributed by atoms with E-state index >= 15 is 0 Å². The fourth-order valence-corrected chi connectivity index (χ4v) is 3.01. The molecule has 0 amide bonds. The van der Waals surface area contributed by atoms with E-state index in [2.05, 4.69) is 4.72 Å². The van der Waals surface area contributed by atoms with Gasteiger partial charge in [-0.2, -0.15) is 0 Å². The van der Waals surface area contributed by atoms with Crippen LogP contribution in [0.15, 0.2) is 12.1 Å². The molecule has 0 spiro atoms. The molecule has 0 bridgehead atoms. The van der Waals surface area contributed by atoms with Crippen LogP contribution in [0.1, 0.15) is 32.4 Å². The fraction of sp³-hybridized carbons (Fsp3) is 0.571. The minimum absolute atomic E-state index is 0.259. The Morgan fingerprint density at radius 3 is 2.36 bits per heavy atom. The summed E-state index contributed by atoms with van der Waals surface area (Å²) >= 11 is 3.85. The van der Waals surface area contributed by atoms with E-state index in [9.17, 15) is 17.7 Å². The lowest BCUT2D eigenvalue weighted by Crippen LogP contribution is -2.57. The van der Waals surface area contributed by atoms with Crippen molar-refractivity contribution in [1.82, 2.24) is 4.72 Å². The largest absolute Gasteiger partial charge is 0.598 e. The number of hydrogen-bond donors (Lipinski definition) is 1. The summed E-state index contributed by atoms with van der Waals surface area (Å²) < 4.78 is 61.5. The van der Waals surface area contributed by atoms with Crippen molar-refractivity contribution >= 4 is 23.0 Å². The molecule has 1 N–H and O–H groups in total. The van der Waals surface area contributed by atoms with E-state index in [-0.39, 0.29) is 18.8 Å². The second-order valence-corrected chi connectivity index (χ2v) is 8.65. The topological polar surface area (TPSA) is 44.3 Å². The van der Waals surface area contributed by atoms with Crippen LogP contribution in [0.2, 0.25) is 5.02 Å². The highest BCUT2D eigenvalue weighted by Gasteiger charge is 2.51. The summed E-state index contributed by atoms with van der Waals surface area (Å²) in [5.74, 6) is -1.73. The number of hydrogen-bond acceptors (Lipinski definition) is 3. The molecular formula is C14H17ClF3NO2S. The Balaban J connectivity index is 2.39. The molecule has 0 aliphatic carbocycles. The molecule has 1 aromatic carbocycles. The monoisotopic (exact) mass is 355 g/mol. The standard InChI is InChI=1S/C14H17ClF3NO2S/c1-13(2,3)22(20)19-12(14(18)6-21-7-14)8-4-11(17)9(15)5-10(8)16/h4-5,12,19H,6-7H2,1-3H3/t12?,22-/m0/s1. The smallest absolute Gasteiger partial charge is 0.180 e. The fourth-order valence-electron chi connectivity index (χ4n) is 1.95. The van der Waals surface area contributed by atoms with Crippen molar-refractivity contribution in [3.05, 3.63) is 34.4 Å². The number of alkyl halides is 1. The third-order valence-corrected chi connectivity index (χ3v) is 5.18. The Morgan fingerprint density at radius 2 is 1.91 bits per heavy atom. The van der Waals surface area contributed by atoms with Crippen LogP contribution in [0.3, 0.4) is 0 Å². The van der Waals surface area contributed by atoms with Crippen LogP contribution < -0.4 is 4.72 Å². The molecule has 2 atom stereocenters. The predicted molar refractivity (Wildman–Crippen MR) is 79.8 cm³/mol. The average Bonchev–Trinajstić information content (AvgIpc) is 2.36. The van der Waals surface area contributed by atoms with Gasteiger partial charge in [-0.25, -0.2) is 13.2 Å². The first-order valence-electron chi connectivity index (χ1n) is 6.64. The minimum atomic E-state index is -1.96. The summed E-state index contributed by atoms with van der Waals surface area (Å²) in [6, 6.07) is 0.312. The first kappa shape index (κ1) is 17.9. The maximum Gasteiger partial charge on any atom is 0.180 e. The van der Waals surface area contributed by atoms with Gasteiger partial charge in [0.1, 0.15) is 22.4 Å². The Kier molecular flexibility index (Phi) is 5.04. The first-order valence-corrected chi connectivity index (χ1v) is 8.16. The molecule has 1 aliphatic heterocycles. The van der Waals surface area contributed by atoms with Gasteiger partial charge in [-0.05, 0) is 32.9 Å². The molecule has 8 heteroatoms. The summed E-state index contributed by atoms with van der Waals surface area (Å²) in [7, 11) is 0. The maximum atomic E-state index is 14.8. The third-order valence-electron chi connectivity index (χ3n) is 3.33. The molecule has 0 radical (unpaired) electrons. The first-order chi connectivity index (χ1) is 10.0. The van der Waals surface area contributed by atoms with Crippen LogP contribution in [0.5, 0.6) is 0 Å². The van der Waals surface area contributed by atoms with Crippen molar-refractivity contribution in [2.45, 2.75) is 37.2 Å². The van der Waals surface area contributed by atoms with Gasteiger partial charge in [0.15, 0.2) is 5.67 Å². The normalized spacial score (nSPS) is 20.4. The van der Waals surface area contributed by atoms with E-state index in [0.29, 0.717) is 0 Å². The summed E-state index contributed by atoms with van der Waals surface area (Å²) in [6.07, 6.45) is 0. The molecule has 1 saturated heterocycles. The summed E-state index contributed by atoms with van der Waals surface area (Å²) in [4.78, 5) is 0. The summed E-state index contributed by atoms with van der Waals surface area (Å²) in [6.45, 7) is 4.50. The van der Waals surface area contributed by atoms with Crippen molar-refractivity contribution in [3.8, 4) is 0 Å². The van der Waals surface area contributed by atoms with Crippen LogP contribution in [0.25, 0.3) is 0 Å². The highest BCUT2D eigenvalue weighted by Crippen LogP contribution is 2.39. The van der Waals surface area contributed by atoms with E-state index in [4.69, 9.17) is 16.3 Å². The SMILES string of the molecule is CC(C)(C)[S@+]([O-])NC(c1cc(F)c(Cl)cc1F)C1(F)COC1. The summed E-state index contributed by atoms with van der Waals surface area (Å²) in [5, 5.41) is -0.394. The van der Waals surface area contributed by atoms with Gasteiger partial charge < -0.3 is 9.29 Å². The molecule has 1 fully saturated rings. The Morgan fingerprint density at radius 1 is 1.32 bits per heavy atom. The molecule has 1 aromatic rings. The van der Waals surface area contributed by atoms with Crippen molar-refractivity contribution in [1.29, 1.82) is 0 Å². The van der Waals surface area contributed by atoms with Crippen LogP contribution >= 0.6 is 11.6 Å². The van der Waals surface area contributed by atoms with E-state index in [1.165, 1.54) is 0 Å². The van der Waals surface area contributed by atoms with Gasteiger partial charge >= 0.3 is 0 Å². The molecule has 0 aromatic heterocycles. The van der Waals surface area contributed by atoms with Crippen LogP contribution in [0, 0.1) is 11.6 Å². The highest BCUT2D eigenvalue weighted by atomic mass is 35.5. The Labute approximate surface area is 135 Å². The molecule has 1 heterocycles. The van der Waals surface area contributed by atoms with E-state index < -0.39 is 44.5 Å². The molecular weight excluding hydrogens is 339 g/mol. The number of ether oxygens (including phenoxy) is 1. The molecule has 22 heavy (non-hydrogen) atoms. The second-order valence-electron chi connectivity index (χ2n) is 6.25. The van der Waals surface area contributed by atoms with Crippen molar-refractivity contribution in [2.24, 2.45) is 0 Å². The highest BCUT2D eigenvalue weighted by molar-refractivity contribution is 7.90. The van der Waals surface area contributed by atoms with Gasteiger partial charge in [0, 0.05) is 16.9 Å². The van der Waals surface area contributed by atoms with Gasteiger partial charge in [0.2, 0.25) is 0 Å². The number of nitrogens with one attached hydrogen (secondary N) is 1. The molecule has 124 valence electrons. The van der Waals surface area contributed by atoms with Crippen LogP contribution in [-0.2, 0) is 16.1 Å². The number of rotatable bonds is 4. The molecule has 3 nitrogen and oxygen atoms in total. The van der Waals surface area contributed by atoms with Crippen LogP contribution in [0.4, 0.5) is 13.2 Å². The van der Waals surface area contributed by atoms with Gasteiger partial charge in [-0.1, -0.05) is 11.6 Å². The molecule has 1 unspecified atom stereocenters. The average molecular weight is 356 g/mol. The maximum absolute atomic E-state index is 14.8. The minimum Gasteiger partial charge on any atom is -0.598 e. The van der Waals surface area contributed by atoms with Crippen molar-refractivity contribution in [3.63, 3.8) is 0 Å². The van der Waals surface area contributed by atoms with Gasteiger partial charge in [0.25, 0.3) is 0 Å². The van der Waals surface area contributed by atoms with Crippen molar-refractivity contribution in [2.75, 3.05) is 13.2 Å². The third kappa shape index (κ3) is 3.54. The molecule has 1 aliphatic rings. The predicted octanol–water partition coefficient (Wildman–Crippen LogP) is 3.45. The zero-order valence-corrected chi connectivity index (χ0v) is 14.0. The zero-order valence-electron chi connectivity index (χ0n) is 12.4. The Hall–Kier alpha value is -0.470. The van der Waals surface area contributed by atoms with E-state index in [0.717, 1.165) is 12.1 Å². The lowest BCUT2D eigenvalue weighted by Gasteiger charge is -2.41. The van der Waals surface area contributed by atoms with Gasteiger partial charge in [-0.3, -0.25) is 0 Å². The van der Waals surface area contributed by atoms with Gasteiger partial charge in [-0.15, -0.1) is 4.72 Å². The van der Waals surface area contributed by atoms with E-state index in [1.807, 2.05) is 0 Å². The molecule has 0 saturated carbocycles. The Bertz CT molecular complexity index is 564. The molecule has 2 rings (SSSR count). The second kappa shape index (κ2) is 6.20. The van der Waals surface area contributed by atoms with Gasteiger partial charge in [0.05, 0.1) is 18.2 Å². The van der Waals surface area contributed by atoms with Crippen molar-refractivity contribution < 1.29 is 22.5 Å². The summed E-state index contributed by atoms with van der Waals surface area (Å²) in [5.41, 5.74) is -2.22. The van der Waals surface area contributed by atoms with E-state index in [1.54, 1.807) is 20.8 Å². The quantitative estimate of drug-likeness (QED) is 0.664. The number of benzene rings is 1.